The van der Waals surface area contributed by atoms with E-state index >= 15 is 0 Å². The summed E-state index contributed by atoms with van der Waals surface area (Å²) in [5.74, 6) is 0.992. The van der Waals surface area contributed by atoms with E-state index in [9.17, 15) is 4.79 Å². The third-order valence-corrected chi connectivity index (χ3v) is 5.34. The smallest absolute Gasteiger partial charge is 0.135 e. The summed E-state index contributed by atoms with van der Waals surface area (Å²) < 4.78 is 0. The van der Waals surface area contributed by atoms with E-state index in [1.165, 1.54) is 103 Å². The molecular weight excluding hydrogens is 268 g/mol. The molecule has 1 aliphatic carbocycles. The van der Waals surface area contributed by atoms with Crippen molar-refractivity contribution in [3.8, 4) is 0 Å². The van der Waals surface area contributed by atoms with Gasteiger partial charge in [-0.1, -0.05) is 96.8 Å². The number of hydrogen-bond acceptors (Lipinski definition) is 1. The Bertz CT molecular complexity index is 259. The molecule has 0 aromatic heterocycles. The number of hydrogen-bond donors (Lipinski definition) is 0. The Morgan fingerprint density at radius 3 is 1.73 bits per heavy atom. The average molecular weight is 309 g/mol. The van der Waals surface area contributed by atoms with Crippen molar-refractivity contribution in [3.05, 3.63) is 0 Å². The molecule has 0 bridgehead atoms. The highest BCUT2D eigenvalue weighted by atomic mass is 16.1. The van der Waals surface area contributed by atoms with Crippen molar-refractivity contribution in [2.45, 2.75) is 122 Å². The van der Waals surface area contributed by atoms with Gasteiger partial charge in [-0.3, -0.25) is 4.79 Å². The van der Waals surface area contributed by atoms with E-state index in [4.69, 9.17) is 0 Å². The molecule has 22 heavy (non-hydrogen) atoms. The monoisotopic (exact) mass is 308 g/mol. The first-order valence-corrected chi connectivity index (χ1v) is 10.4. The Balaban J connectivity index is 1.75. The third-order valence-electron chi connectivity index (χ3n) is 5.34. The molecule has 0 N–H and O–H groups in total. The third kappa shape index (κ3) is 10.4. The van der Waals surface area contributed by atoms with Crippen molar-refractivity contribution in [3.63, 3.8) is 0 Å². The van der Waals surface area contributed by atoms with Gasteiger partial charge in [-0.2, -0.15) is 0 Å². The molecule has 0 amide bonds. The SMILES string of the molecule is CCCCCCCCCCCCCCCC1CCCCC1=O. The molecular formula is C21H40O. The fourth-order valence-electron chi connectivity index (χ4n) is 3.77. The van der Waals surface area contributed by atoms with Crippen LogP contribution in [0.25, 0.3) is 0 Å². The molecule has 1 fully saturated rings. The molecule has 1 aliphatic rings. The van der Waals surface area contributed by atoms with Gasteiger partial charge in [-0.05, 0) is 19.3 Å². The van der Waals surface area contributed by atoms with Crippen molar-refractivity contribution in [1.29, 1.82) is 0 Å². The molecule has 0 aliphatic heterocycles. The van der Waals surface area contributed by atoms with Gasteiger partial charge in [-0.15, -0.1) is 0 Å². The molecule has 1 saturated carbocycles. The van der Waals surface area contributed by atoms with E-state index in [0.717, 1.165) is 12.8 Å². The number of rotatable bonds is 14. The summed E-state index contributed by atoms with van der Waals surface area (Å²) in [5, 5.41) is 0. The van der Waals surface area contributed by atoms with E-state index in [2.05, 4.69) is 6.92 Å². The molecule has 0 saturated heterocycles. The number of ketones is 1. The van der Waals surface area contributed by atoms with Crippen LogP contribution in [0.15, 0.2) is 0 Å². The standard InChI is InChI=1S/C21H40O/c1-2-3-4-5-6-7-8-9-10-11-12-13-14-17-20-18-15-16-19-21(20)22/h20H,2-19H2,1H3. The second-order valence-electron chi connectivity index (χ2n) is 7.44. The highest BCUT2D eigenvalue weighted by molar-refractivity contribution is 5.81. The molecule has 130 valence electrons. The Morgan fingerprint density at radius 2 is 1.23 bits per heavy atom. The summed E-state index contributed by atoms with van der Waals surface area (Å²) in [7, 11) is 0. The summed E-state index contributed by atoms with van der Waals surface area (Å²) in [6, 6.07) is 0. The number of unbranched alkanes of at least 4 members (excludes halogenated alkanes) is 12. The second-order valence-corrected chi connectivity index (χ2v) is 7.44. The fraction of sp³-hybridized carbons (Fsp3) is 0.952. The van der Waals surface area contributed by atoms with Gasteiger partial charge in [-0.25, -0.2) is 0 Å². The van der Waals surface area contributed by atoms with Crippen LogP contribution in [0.1, 0.15) is 122 Å². The van der Waals surface area contributed by atoms with Crippen LogP contribution in [-0.2, 0) is 4.79 Å². The highest BCUT2D eigenvalue weighted by Crippen LogP contribution is 2.25. The number of carbonyl (C=O) groups excluding carboxylic acids is 1. The van der Waals surface area contributed by atoms with Gasteiger partial charge in [0.15, 0.2) is 0 Å². The van der Waals surface area contributed by atoms with Gasteiger partial charge in [0, 0.05) is 12.3 Å². The molecule has 0 heterocycles. The average Bonchev–Trinajstić information content (AvgIpc) is 2.53. The van der Waals surface area contributed by atoms with Crippen molar-refractivity contribution in [2.75, 3.05) is 0 Å². The second kappa shape index (κ2) is 14.3. The summed E-state index contributed by atoms with van der Waals surface area (Å²) in [5.41, 5.74) is 0. The van der Waals surface area contributed by atoms with Crippen molar-refractivity contribution >= 4 is 5.78 Å². The maximum Gasteiger partial charge on any atom is 0.135 e. The first-order chi connectivity index (χ1) is 10.8. The molecule has 0 aromatic rings. The Morgan fingerprint density at radius 1 is 0.727 bits per heavy atom. The van der Waals surface area contributed by atoms with Crippen LogP contribution in [0.5, 0.6) is 0 Å². The molecule has 0 spiro atoms. The maximum absolute atomic E-state index is 11.7. The van der Waals surface area contributed by atoms with E-state index in [1.807, 2.05) is 0 Å². The zero-order chi connectivity index (χ0) is 15.9. The lowest BCUT2D eigenvalue weighted by Crippen LogP contribution is -2.18. The zero-order valence-electron chi connectivity index (χ0n) is 15.2. The lowest BCUT2D eigenvalue weighted by Gasteiger charge is -2.20. The van der Waals surface area contributed by atoms with Crippen LogP contribution in [0.3, 0.4) is 0 Å². The molecule has 0 aromatic carbocycles. The van der Waals surface area contributed by atoms with Crippen LogP contribution < -0.4 is 0 Å². The lowest BCUT2D eigenvalue weighted by molar-refractivity contribution is -0.124. The van der Waals surface area contributed by atoms with Crippen LogP contribution in [-0.4, -0.2) is 5.78 Å². The Kier molecular flexibility index (Phi) is 12.8. The molecule has 1 heteroatoms. The Labute approximate surface area is 139 Å². The summed E-state index contributed by atoms with van der Waals surface area (Å²) in [4.78, 5) is 11.7. The van der Waals surface area contributed by atoms with E-state index < -0.39 is 0 Å². The van der Waals surface area contributed by atoms with Crippen LogP contribution in [0, 0.1) is 5.92 Å². The van der Waals surface area contributed by atoms with Gasteiger partial charge in [0.05, 0.1) is 0 Å². The van der Waals surface area contributed by atoms with E-state index in [-0.39, 0.29) is 0 Å². The first kappa shape index (κ1) is 19.7. The Hall–Kier alpha value is -0.330. The lowest BCUT2D eigenvalue weighted by atomic mass is 9.84. The largest absolute Gasteiger partial charge is 0.299 e. The summed E-state index contributed by atoms with van der Waals surface area (Å²) in [6.45, 7) is 2.28. The normalized spacial score (nSPS) is 18.8. The minimum atomic E-state index is 0.432. The van der Waals surface area contributed by atoms with Crippen molar-refractivity contribution in [1.82, 2.24) is 0 Å². The quantitative estimate of drug-likeness (QED) is 0.309. The predicted octanol–water partition coefficient (Wildman–Crippen LogP) is 7.23. The summed E-state index contributed by atoms with van der Waals surface area (Å²) >= 11 is 0. The fourth-order valence-corrected chi connectivity index (χ4v) is 3.77. The van der Waals surface area contributed by atoms with Crippen LogP contribution in [0.2, 0.25) is 0 Å². The highest BCUT2D eigenvalue weighted by Gasteiger charge is 2.20. The molecule has 1 unspecified atom stereocenters. The van der Waals surface area contributed by atoms with Crippen LogP contribution in [0.4, 0.5) is 0 Å². The van der Waals surface area contributed by atoms with E-state index in [1.54, 1.807) is 0 Å². The molecule has 0 radical (unpaired) electrons. The predicted molar refractivity (Wildman–Crippen MR) is 97.3 cm³/mol. The molecule has 1 atom stereocenters. The van der Waals surface area contributed by atoms with Gasteiger partial charge in [0.2, 0.25) is 0 Å². The van der Waals surface area contributed by atoms with Crippen molar-refractivity contribution in [2.24, 2.45) is 5.92 Å². The number of Topliss-reactive ketones (excluding diaryl/α,β-unsaturated/α-hetero) is 1. The van der Waals surface area contributed by atoms with Crippen molar-refractivity contribution < 1.29 is 4.79 Å². The van der Waals surface area contributed by atoms with E-state index in [0.29, 0.717) is 11.7 Å². The zero-order valence-corrected chi connectivity index (χ0v) is 15.2. The van der Waals surface area contributed by atoms with Gasteiger partial charge in [0.25, 0.3) is 0 Å². The summed E-state index contributed by atoms with van der Waals surface area (Å²) in [6.07, 6.45) is 24.0. The van der Waals surface area contributed by atoms with Gasteiger partial charge < -0.3 is 0 Å². The first-order valence-electron chi connectivity index (χ1n) is 10.4. The molecule has 1 nitrogen and oxygen atoms in total. The van der Waals surface area contributed by atoms with Crippen LogP contribution >= 0.6 is 0 Å². The van der Waals surface area contributed by atoms with Gasteiger partial charge >= 0.3 is 0 Å². The maximum atomic E-state index is 11.7. The minimum absolute atomic E-state index is 0.432. The topological polar surface area (TPSA) is 17.1 Å². The molecule has 1 rings (SSSR count). The minimum Gasteiger partial charge on any atom is -0.299 e. The number of carbonyl (C=O) groups is 1. The van der Waals surface area contributed by atoms with Gasteiger partial charge in [0.1, 0.15) is 5.78 Å².